The molecule has 7 heteroatoms. The summed E-state index contributed by atoms with van der Waals surface area (Å²) in [6.45, 7) is 5.55. The summed E-state index contributed by atoms with van der Waals surface area (Å²) in [7, 11) is 0. The van der Waals surface area contributed by atoms with Crippen LogP contribution in [0, 0.1) is 13.8 Å². The summed E-state index contributed by atoms with van der Waals surface area (Å²) < 4.78 is 5.78. The minimum atomic E-state index is -0.229. The molecule has 2 aromatic rings. The molecule has 0 spiro atoms. The molecule has 5 nitrogen and oxygen atoms in total. The minimum Gasteiger partial charge on any atom is -0.360 e. The van der Waals surface area contributed by atoms with E-state index >= 15 is 0 Å². The summed E-state index contributed by atoms with van der Waals surface area (Å²) in [4.78, 5) is 16.2. The van der Waals surface area contributed by atoms with Crippen LogP contribution < -0.4 is 5.32 Å². The predicted molar refractivity (Wildman–Crippen MR) is 72.0 cm³/mol. The molecule has 2 rings (SSSR count). The molecule has 18 heavy (non-hydrogen) atoms. The van der Waals surface area contributed by atoms with Gasteiger partial charge < -0.3 is 9.84 Å². The highest BCUT2D eigenvalue weighted by Gasteiger charge is 2.17. The highest BCUT2D eigenvalue weighted by atomic mass is 32.2. The normalized spacial score (nSPS) is 12.4. The first-order valence-corrected chi connectivity index (χ1v) is 7.13. The van der Waals surface area contributed by atoms with Crippen molar-refractivity contribution in [1.29, 1.82) is 0 Å². The number of aryl methyl sites for hydroxylation is 2. The molecule has 0 fully saturated rings. The van der Waals surface area contributed by atoms with E-state index in [9.17, 15) is 4.79 Å². The monoisotopic (exact) mass is 283 g/mol. The number of carbonyl (C=O) groups excluding carboxylic acids is 1. The Morgan fingerprint density at radius 2 is 2.33 bits per heavy atom. The number of hydrogen-bond donors (Lipinski definition) is 1. The number of thiazole rings is 1. The maximum Gasteiger partial charge on any atom is 0.238 e. The van der Waals surface area contributed by atoms with Crippen molar-refractivity contribution < 1.29 is 9.32 Å². The van der Waals surface area contributed by atoms with Crippen LogP contribution in [0.5, 0.6) is 0 Å². The third kappa shape index (κ3) is 3.33. The number of amides is 1. The van der Waals surface area contributed by atoms with Crippen LogP contribution in [0.3, 0.4) is 0 Å². The fourth-order valence-electron chi connectivity index (χ4n) is 1.24. The molecule has 2 heterocycles. The molecular formula is C11H13N3O2S2. The zero-order valence-electron chi connectivity index (χ0n) is 10.3. The van der Waals surface area contributed by atoms with Gasteiger partial charge in [-0.25, -0.2) is 4.98 Å². The molecule has 0 aliphatic rings. The van der Waals surface area contributed by atoms with E-state index in [1.165, 1.54) is 11.8 Å². The van der Waals surface area contributed by atoms with Gasteiger partial charge in [0.1, 0.15) is 5.76 Å². The Hall–Kier alpha value is -1.34. The van der Waals surface area contributed by atoms with Crippen molar-refractivity contribution in [3.8, 4) is 0 Å². The van der Waals surface area contributed by atoms with E-state index in [1.807, 2.05) is 19.2 Å². The van der Waals surface area contributed by atoms with Gasteiger partial charge in [0.25, 0.3) is 0 Å². The molecule has 0 saturated heterocycles. The Balaban J connectivity index is 1.92. The van der Waals surface area contributed by atoms with Crippen LogP contribution in [0.2, 0.25) is 0 Å². The number of anilines is 1. The van der Waals surface area contributed by atoms with Crippen LogP contribution in [-0.2, 0) is 4.79 Å². The fourth-order valence-corrected chi connectivity index (χ4v) is 3.23. The first-order valence-electron chi connectivity index (χ1n) is 5.37. The first kappa shape index (κ1) is 13.1. The minimum absolute atomic E-state index is 0.110. The predicted octanol–water partition coefficient (Wildman–Crippen LogP) is 2.87. The highest BCUT2D eigenvalue weighted by Crippen LogP contribution is 2.27. The Morgan fingerprint density at radius 3 is 2.89 bits per heavy atom. The quantitative estimate of drug-likeness (QED) is 0.874. The molecule has 0 aliphatic heterocycles. The Bertz CT molecular complexity index is 550. The van der Waals surface area contributed by atoms with Crippen LogP contribution in [0.1, 0.15) is 18.4 Å². The highest BCUT2D eigenvalue weighted by molar-refractivity contribution is 8.02. The molecule has 0 unspecified atom stereocenters. The zero-order valence-corrected chi connectivity index (χ0v) is 11.9. The third-order valence-corrected chi connectivity index (χ3v) is 4.31. The van der Waals surface area contributed by atoms with Gasteiger partial charge in [0.2, 0.25) is 5.91 Å². The van der Waals surface area contributed by atoms with Crippen LogP contribution in [0.25, 0.3) is 0 Å². The lowest BCUT2D eigenvalue weighted by Crippen LogP contribution is -2.22. The van der Waals surface area contributed by atoms with Crippen molar-refractivity contribution >= 4 is 34.8 Å². The number of nitrogens with one attached hydrogen (secondary N) is 1. The average Bonchev–Trinajstić information content (AvgIpc) is 2.88. The standard InChI is InChI=1S/C11H13N3O2S2/c1-6-5-17-11(12-6)18-8(3)10(15)13-9-4-7(2)16-14-9/h4-5,8H,1-3H3,(H,13,14,15)/t8-/m1/s1. The summed E-state index contributed by atoms with van der Waals surface area (Å²) in [5.74, 6) is 1.00. The lowest BCUT2D eigenvalue weighted by atomic mass is 10.4. The largest absolute Gasteiger partial charge is 0.360 e. The number of hydrogen-bond acceptors (Lipinski definition) is 6. The fraction of sp³-hybridized carbons (Fsp3) is 0.364. The maximum absolute atomic E-state index is 11.9. The summed E-state index contributed by atoms with van der Waals surface area (Å²) in [5, 5.41) is 8.16. The lowest BCUT2D eigenvalue weighted by molar-refractivity contribution is -0.115. The lowest BCUT2D eigenvalue weighted by Gasteiger charge is -2.07. The Morgan fingerprint density at radius 1 is 1.56 bits per heavy atom. The molecule has 0 saturated carbocycles. The van der Waals surface area contributed by atoms with Gasteiger partial charge >= 0.3 is 0 Å². The molecule has 1 amide bonds. The Kier molecular flexibility index (Phi) is 4.03. The molecular weight excluding hydrogens is 270 g/mol. The number of nitrogens with zero attached hydrogens (tertiary/aromatic N) is 2. The van der Waals surface area contributed by atoms with Gasteiger partial charge in [-0.15, -0.1) is 11.3 Å². The number of rotatable bonds is 4. The van der Waals surface area contributed by atoms with Gasteiger partial charge in [-0.2, -0.15) is 0 Å². The third-order valence-electron chi connectivity index (χ3n) is 2.12. The van der Waals surface area contributed by atoms with Gasteiger partial charge in [0.05, 0.1) is 5.25 Å². The van der Waals surface area contributed by atoms with Crippen LogP contribution >= 0.6 is 23.1 Å². The van der Waals surface area contributed by atoms with Crippen molar-refractivity contribution in [2.45, 2.75) is 30.4 Å². The van der Waals surface area contributed by atoms with Gasteiger partial charge in [-0.05, 0) is 20.8 Å². The maximum atomic E-state index is 11.9. The molecule has 0 aliphatic carbocycles. The van der Waals surface area contributed by atoms with Gasteiger partial charge in [0, 0.05) is 17.1 Å². The SMILES string of the molecule is Cc1csc(S[C@H](C)C(=O)Nc2cc(C)on2)n1. The molecule has 0 aromatic carbocycles. The van der Waals surface area contributed by atoms with Crippen molar-refractivity contribution in [3.05, 3.63) is 22.9 Å². The van der Waals surface area contributed by atoms with Crippen molar-refractivity contribution in [2.24, 2.45) is 0 Å². The molecule has 2 aromatic heterocycles. The van der Waals surface area contributed by atoms with E-state index in [1.54, 1.807) is 24.3 Å². The van der Waals surface area contributed by atoms with Crippen molar-refractivity contribution in [2.75, 3.05) is 5.32 Å². The molecule has 0 radical (unpaired) electrons. The van der Waals surface area contributed by atoms with Crippen LogP contribution in [0.15, 0.2) is 20.3 Å². The smallest absolute Gasteiger partial charge is 0.238 e. The summed E-state index contributed by atoms with van der Waals surface area (Å²) in [5.41, 5.74) is 0.974. The van der Waals surface area contributed by atoms with Gasteiger partial charge in [-0.1, -0.05) is 16.9 Å². The summed E-state index contributed by atoms with van der Waals surface area (Å²) >= 11 is 2.98. The van der Waals surface area contributed by atoms with Gasteiger partial charge in [0.15, 0.2) is 10.2 Å². The van der Waals surface area contributed by atoms with Crippen LogP contribution in [0.4, 0.5) is 5.82 Å². The molecule has 0 bridgehead atoms. The average molecular weight is 283 g/mol. The van der Waals surface area contributed by atoms with Crippen LogP contribution in [-0.4, -0.2) is 21.3 Å². The molecule has 96 valence electrons. The second-order valence-corrected chi connectivity index (χ2v) is 6.27. The van der Waals surface area contributed by atoms with E-state index in [-0.39, 0.29) is 11.2 Å². The van der Waals surface area contributed by atoms with E-state index in [4.69, 9.17) is 4.52 Å². The topological polar surface area (TPSA) is 68.0 Å². The molecule has 1 N–H and O–H groups in total. The summed E-state index contributed by atoms with van der Waals surface area (Å²) in [6.07, 6.45) is 0. The second kappa shape index (κ2) is 5.53. The van der Waals surface area contributed by atoms with Crippen molar-refractivity contribution in [1.82, 2.24) is 10.1 Å². The number of carbonyl (C=O) groups is 1. The summed E-state index contributed by atoms with van der Waals surface area (Å²) in [6, 6.07) is 1.68. The van der Waals surface area contributed by atoms with Gasteiger partial charge in [-0.3, -0.25) is 4.79 Å². The number of aromatic nitrogens is 2. The van der Waals surface area contributed by atoms with E-state index in [0.717, 1.165) is 10.0 Å². The first-order chi connectivity index (χ1) is 8.54. The Labute approximate surface area is 113 Å². The second-order valence-electron chi connectivity index (χ2n) is 3.83. The van der Waals surface area contributed by atoms with E-state index < -0.39 is 0 Å². The number of thioether (sulfide) groups is 1. The zero-order chi connectivity index (χ0) is 13.1. The molecule has 1 atom stereocenters. The van der Waals surface area contributed by atoms with Crippen molar-refractivity contribution in [3.63, 3.8) is 0 Å². The van der Waals surface area contributed by atoms with E-state index in [2.05, 4.69) is 15.5 Å². The van der Waals surface area contributed by atoms with E-state index in [0.29, 0.717) is 11.6 Å².